The van der Waals surface area contributed by atoms with E-state index in [1.807, 2.05) is 6.92 Å². The summed E-state index contributed by atoms with van der Waals surface area (Å²) in [5, 5.41) is 3.94. The Morgan fingerprint density at radius 1 is 1.15 bits per heavy atom. The van der Waals surface area contributed by atoms with Gasteiger partial charge in [0.15, 0.2) is 18.1 Å². The number of amides is 2. The van der Waals surface area contributed by atoms with E-state index in [2.05, 4.69) is 15.5 Å². The number of benzene rings is 1. The Hall–Kier alpha value is -3.42. The molecule has 1 aromatic carbocycles. The summed E-state index contributed by atoms with van der Waals surface area (Å²) in [4.78, 5) is 28.9. The van der Waals surface area contributed by atoms with Gasteiger partial charge in [0.25, 0.3) is 11.8 Å². The Bertz CT molecular complexity index is 807. The van der Waals surface area contributed by atoms with Crippen molar-refractivity contribution in [2.24, 2.45) is 5.10 Å². The highest BCUT2D eigenvalue weighted by molar-refractivity contribution is 5.94. The molecule has 27 heavy (non-hydrogen) atoms. The molecule has 0 unspecified atom stereocenters. The van der Waals surface area contributed by atoms with Gasteiger partial charge in [0.05, 0.1) is 12.8 Å². The highest BCUT2D eigenvalue weighted by Crippen LogP contribution is 2.28. The number of aromatic nitrogens is 1. The Morgan fingerprint density at radius 2 is 1.89 bits per heavy atom. The van der Waals surface area contributed by atoms with Crippen LogP contribution in [0.3, 0.4) is 0 Å². The van der Waals surface area contributed by atoms with E-state index in [9.17, 15) is 9.59 Å². The van der Waals surface area contributed by atoms with Crippen molar-refractivity contribution in [3.05, 3.63) is 53.9 Å². The lowest BCUT2D eigenvalue weighted by Crippen LogP contribution is -2.27. The number of pyridine rings is 1. The van der Waals surface area contributed by atoms with Crippen molar-refractivity contribution in [2.75, 3.05) is 27.3 Å². The zero-order valence-corrected chi connectivity index (χ0v) is 15.5. The van der Waals surface area contributed by atoms with E-state index in [4.69, 9.17) is 9.47 Å². The van der Waals surface area contributed by atoms with Crippen LogP contribution in [-0.4, -0.2) is 55.2 Å². The zero-order valence-electron chi connectivity index (χ0n) is 15.5. The number of hydrogen-bond acceptors (Lipinski definition) is 6. The monoisotopic (exact) mass is 370 g/mol. The minimum atomic E-state index is -0.333. The van der Waals surface area contributed by atoms with Crippen LogP contribution in [-0.2, 0) is 4.79 Å². The van der Waals surface area contributed by atoms with Gasteiger partial charge >= 0.3 is 0 Å². The molecule has 1 N–H and O–H groups in total. The summed E-state index contributed by atoms with van der Waals surface area (Å²) in [5.41, 5.74) is 3.62. The van der Waals surface area contributed by atoms with Crippen molar-refractivity contribution in [2.45, 2.75) is 6.92 Å². The summed E-state index contributed by atoms with van der Waals surface area (Å²) in [5.74, 6) is 0.473. The first-order chi connectivity index (χ1) is 13.0. The molecule has 1 heterocycles. The van der Waals surface area contributed by atoms with E-state index in [0.29, 0.717) is 29.2 Å². The maximum Gasteiger partial charge on any atom is 0.271 e. The van der Waals surface area contributed by atoms with E-state index in [1.165, 1.54) is 23.5 Å². The third-order valence-corrected chi connectivity index (χ3v) is 3.44. The molecule has 0 radical (unpaired) electrons. The number of hydrazone groups is 1. The van der Waals surface area contributed by atoms with E-state index in [0.717, 1.165) is 0 Å². The third kappa shape index (κ3) is 6.10. The van der Waals surface area contributed by atoms with Crippen LogP contribution in [0.5, 0.6) is 11.5 Å². The van der Waals surface area contributed by atoms with Gasteiger partial charge in [-0.3, -0.25) is 14.6 Å². The van der Waals surface area contributed by atoms with Gasteiger partial charge < -0.3 is 14.4 Å². The second-order valence-electron chi connectivity index (χ2n) is 5.65. The fourth-order valence-electron chi connectivity index (χ4n) is 1.99. The molecule has 0 aliphatic carbocycles. The van der Waals surface area contributed by atoms with Crippen molar-refractivity contribution < 1.29 is 19.1 Å². The highest BCUT2D eigenvalue weighted by atomic mass is 16.5. The maximum atomic E-state index is 11.9. The molecular weight excluding hydrogens is 348 g/mol. The normalized spacial score (nSPS) is 10.5. The number of carbonyl (C=O) groups is 2. The van der Waals surface area contributed by atoms with Crippen LogP contribution in [0.25, 0.3) is 0 Å². The van der Waals surface area contributed by atoms with E-state index in [1.54, 1.807) is 44.4 Å². The van der Waals surface area contributed by atoms with E-state index >= 15 is 0 Å². The lowest BCUT2D eigenvalue weighted by atomic mass is 10.2. The van der Waals surface area contributed by atoms with Gasteiger partial charge in [-0.15, -0.1) is 0 Å². The van der Waals surface area contributed by atoms with Crippen LogP contribution in [0.15, 0.2) is 47.8 Å². The number of nitrogens with zero attached hydrogens (tertiary/aromatic N) is 3. The number of ether oxygens (including phenoxy) is 2. The van der Waals surface area contributed by atoms with Gasteiger partial charge in [-0.2, -0.15) is 5.10 Å². The summed E-state index contributed by atoms with van der Waals surface area (Å²) in [6.45, 7) is 2.21. The number of rotatable bonds is 8. The maximum absolute atomic E-state index is 11.9. The predicted molar refractivity (Wildman–Crippen MR) is 101 cm³/mol. The second kappa shape index (κ2) is 9.91. The minimum Gasteiger partial charge on any atom is -0.490 e. The predicted octanol–water partition coefficient (Wildman–Crippen LogP) is 1.71. The average Bonchev–Trinajstić information content (AvgIpc) is 2.67. The third-order valence-electron chi connectivity index (χ3n) is 3.44. The van der Waals surface area contributed by atoms with Gasteiger partial charge in [0.1, 0.15) is 0 Å². The fourth-order valence-corrected chi connectivity index (χ4v) is 1.99. The quantitative estimate of drug-likeness (QED) is 0.564. The van der Waals surface area contributed by atoms with Crippen LogP contribution < -0.4 is 14.9 Å². The SMILES string of the molecule is CCOc1cc(/C=N/NC(=O)c2ccncc2)ccc1OCC(=O)N(C)C. The molecule has 0 saturated heterocycles. The first-order valence-corrected chi connectivity index (χ1v) is 8.34. The summed E-state index contributed by atoms with van der Waals surface area (Å²) in [6, 6.07) is 8.36. The van der Waals surface area contributed by atoms with Crippen molar-refractivity contribution in [1.82, 2.24) is 15.3 Å². The van der Waals surface area contributed by atoms with Crippen LogP contribution >= 0.6 is 0 Å². The van der Waals surface area contributed by atoms with Crippen LogP contribution in [0.2, 0.25) is 0 Å². The number of carbonyl (C=O) groups excluding carboxylic acids is 2. The van der Waals surface area contributed by atoms with Gasteiger partial charge in [-0.05, 0) is 42.8 Å². The lowest BCUT2D eigenvalue weighted by Gasteiger charge is -2.14. The first-order valence-electron chi connectivity index (χ1n) is 8.34. The van der Waals surface area contributed by atoms with Crippen LogP contribution in [0.4, 0.5) is 0 Å². The van der Waals surface area contributed by atoms with E-state index in [-0.39, 0.29) is 18.4 Å². The molecule has 1 aromatic heterocycles. The largest absolute Gasteiger partial charge is 0.490 e. The van der Waals surface area contributed by atoms with Crippen molar-refractivity contribution in [3.8, 4) is 11.5 Å². The molecule has 2 aromatic rings. The Balaban J connectivity index is 2.03. The van der Waals surface area contributed by atoms with E-state index < -0.39 is 0 Å². The molecule has 8 heteroatoms. The summed E-state index contributed by atoms with van der Waals surface area (Å²) >= 11 is 0. The van der Waals surface area contributed by atoms with Gasteiger partial charge in [0, 0.05) is 32.1 Å². The highest BCUT2D eigenvalue weighted by Gasteiger charge is 2.10. The Morgan fingerprint density at radius 3 is 2.56 bits per heavy atom. The van der Waals surface area contributed by atoms with Crippen LogP contribution in [0, 0.1) is 0 Å². The Labute approximate surface area is 157 Å². The van der Waals surface area contributed by atoms with Gasteiger partial charge in [-0.1, -0.05) is 0 Å². The molecule has 0 fully saturated rings. The van der Waals surface area contributed by atoms with Gasteiger partial charge in [0.2, 0.25) is 0 Å². The van der Waals surface area contributed by atoms with Crippen LogP contribution in [0.1, 0.15) is 22.8 Å². The molecule has 0 saturated carbocycles. The zero-order chi connectivity index (χ0) is 19.6. The van der Waals surface area contributed by atoms with Crippen molar-refractivity contribution >= 4 is 18.0 Å². The second-order valence-corrected chi connectivity index (χ2v) is 5.65. The smallest absolute Gasteiger partial charge is 0.271 e. The summed E-state index contributed by atoms with van der Waals surface area (Å²) in [6.07, 6.45) is 4.57. The average molecular weight is 370 g/mol. The van der Waals surface area contributed by atoms with Gasteiger partial charge in [-0.25, -0.2) is 5.43 Å². The molecule has 0 atom stereocenters. The molecule has 2 amide bonds. The minimum absolute atomic E-state index is 0.0809. The molecule has 0 bridgehead atoms. The summed E-state index contributed by atoms with van der Waals surface area (Å²) in [7, 11) is 3.32. The molecule has 0 aliphatic heterocycles. The summed E-state index contributed by atoms with van der Waals surface area (Å²) < 4.78 is 11.1. The number of nitrogens with one attached hydrogen (secondary N) is 1. The molecule has 2 rings (SSSR count). The fraction of sp³-hybridized carbons (Fsp3) is 0.263. The number of likely N-dealkylation sites (N-methyl/N-ethyl adjacent to an activating group) is 1. The lowest BCUT2D eigenvalue weighted by molar-refractivity contribution is -0.130. The molecule has 8 nitrogen and oxygen atoms in total. The standard InChI is InChI=1S/C19H22N4O4/c1-4-26-17-11-14(5-6-16(17)27-13-18(24)23(2)3)12-21-22-19(25)15-7-9-20-10-8-15/h5-12H,4,13H2,1-3H3,(H,22,25)/b21-12+. The molecular formula is C19H22N4O4. The van der Waals surface area contributed by atoms with Crippen molar-refractivity contribution in [1.29, 1.82) is 0 Å². The topological polar surface area (TPSA) is 93.1 Å². The number of hydrogen-bond donors (Lipinski definition) is 1. The Kier molecular flexibility index (Phi) is 7.30. The molecule has 142 valence electrons. The molecule has 0 spiro atoms. The molecule has 0 aliphatic rings. The first kappa shape index (κ1) is 19.9. The van der Waals surface area contributed by atoms with Crippen molar-refractivity contribution in [3.63, 3.8) is 0 Å².